The molecule has 0 bridgehead atoms. The Kier molecular flexibility index (Phi) is 6.08. The normalized spacial score (nSPS) is 11.7. The van der Waals surface area contributed by atoms with E-state index in [1.165, 1.54) is 12.1 Å². The van der Waals surface area contributed by atoms with Gasteiger partial charge in [-0.1, -0.05) is 12.1 Å². The van der Waals surface area contributed by atoms with Gasteiger partial charge < -0.3 is 15.6 Å². The minimum absolute atomic E-state index is 0.229. The van der Waals surface area contributed by atoms with E-state index in [9.17, 15) is 4.39 Å². The summed E-state index contributed by atoms with van der Waals surface area (Å²) in [6.45, 7) is 4.12. The summed E-state index contributed by atoms with van der Waals surface area (Å²) in [6.07, 6.45) is 6.44. The van der Waals surface area contributed by atoms with Crippen molar-refractivity contribution in [1.82, 2.24) is 25.4 Å². The van der Waals surface area contributed by atoms with E-state index < -0.39 is 0 Å². The van der Waals surface area contributed by atoms with Gasteiger partial charge >= 0.3 is 0 Å². The van der Waals surface area contributed by atoms with Gasteiger partial charge in [0.1, 0.15) is 5.82 Å². The molecule has 0 saturated carbocycles. The molecule has 154 valence electrons. The van der Waals surface area contributed by atoms with Crippen LogP contribution < -0.4 is 10.6 Å². The fourth-order valence-electron chi connectivity index (χ4n) is 3.41. The molecule has 0 unspecified atom stereocenters. The van der Waals surface area contributed by atoms with Crippen LogP contribution in [0.1, 0.15) is 18.1 Å². The van der Waals surface area contributed by atoms with Crippen molar-refractivity contribution in [3.8, 4) is 5.69 Å². The van der Waals surface area contributed by atoms with Crippen LogP contribution in [0.25, 0.3) is 16.6 Å². The third-order valence-electron chi connectivity index (χ3n) is 4.86. The maximum Gasteiger partial charge on any atom is 0.191 e. The number of guanidine groups is 1. The predicted octanol–water partition coefficient (Wildman–Crippen LogP) is 3.79. The molecule has 0 radical (unpaired) electrons. The van der Waals surface area contributed by atoms with Crippen LogP contribution in [-0.2, 0) is 13.0 Å². The van der Waals surface area contributed by atoms with Crippen molar-refractivity contribution in [2.75, 3.05) is 13.1 Å². The number of aromatic amines is 1. The highest BCUT2D eigenvalue weighted by Crippen LogP contribution is 2.19. The first-order valence-corrected chi connectivity index (χ1v) is 10.1. The number of hydrogen-bond acceptors (Lipinski definition) is 2. The molecule has 2 aromatic carbocycles. The molecule has 6 nitrogen and oxygen atoms in total. The molecule has 0 amide bonds. The van der Waals surface area contributed by atoms with E-state index in [1.54, 1.807) is 6.20 Å². The number of halogens is 1. The molecule has 0 aliphatic carbocycles. The van der Waals surface area contributed by atoms with Crippen LogP contribution >= 0.6 is 0 Å². The average molecular weight is 404 g/mol. The monoisotopic (exact) mass is 404 g/mol. The summed E-state index contributed by atoms with van der Waals surface area (Å²) in [7, 11) is 0. The fraction of sp³-hybridized carbons (Fsp3) is 0.217. The van der Waals surface area contributed by atoms with Crippen LogP contribution in [-0.4, -0.2) is 33.8 Å². The van der Waals surface area contributed by atoms with Crippen molar-refractivity contribution in [2.24, 2.45) is 4.99 Å². The van der Waals surface area contributed by atoms with E-state index in [1.807, 2.05) is 48.3 Å². The van der Waals surface area contributed by atoms with E-state index in [0.29, 0.717) is 6.54 Å². The molecule has 4 aromatic rings. The Morgan fingerprint density at radius 3 is 2.93 bits per heavy atom. The Morgan fingerprint density at radius 1 is 1.17 bits per heavy atom. The van der Waals surface area contributed by atoms with Gasteiger partial charge in [0.25, 0.3) is 0 Å². The minimum Gasteiger partial charge on any atom is -0.361 e. The zero-order valence-electron chi connectivity index (χ0n) is 16.9. The van der Waals surface area contributed by atoms with Crippen molar-refractivity contribution in [2.45, 2.75) is 19.9 Å². The third-order valence-corrected chi connectivity index (χ3v) is 4.86. The Bertz CT molecular complexity index is 1130. The van der Waals surface area contributed by atoms with Crippen molar-refractivity contribution >= 4 is 16.9 Å². The molecule has 0 fully saturated rings. The molecule has 0 saturated heterocycles. The lowest BCUT2D eigenvalue weighted by Gasteiger charge is -2.11. The van der Waals surface area contributed by atoms with E-state index in [0.717, 1.165) is 53.2 Å². The molecule has 0 spiro atoms. The lowest BCUT2D eigenvalue weighted by molar-refractivity contribution is 0.629. The first-order valence-electron chi connectivity index (χ1n) is 10.1. The Labute approximate surface area is 174 Å². The Balaban J connectivity index is 1.38. The van der Waals surface area contributed by atoms with Crippen molar-refractivity contribution in [3.63, 3.8) is 0 Å². The molecular weight excluding hydrogens is 379 g/mol. The van der Waals surface area contributed by atoms with Crippen LogP contribution in [0, 0.1) is 5.82 Å². The number of H-pyrrole nitrogens is 1. The summed E-state index contributed by atoms with van der Waals surface area (Å²) in [5.41, 5.74) is 4.10. The average Bonchev–Trinajstić information content (AvgIpc) is 3.42. The van der Waals surface area contributed by atoms with Crippen molar-refractivity contribution in [1.29, 1.82) is 0 Å². The largest absolute Gasteiger partial charge is 0.361 e. The molecule has 30 heavy (non-hydrogen) atoms. The summed E-state index contributed by atoms with van der Waals surface area (Å²) in [4.78, 5) is 7.84. The van der Waals surface area contributed by atoms with Crippen molar-refractivity contribution in [3.05, 3.63) is 84.1 Å². The van der Waals surface area contributed by atoms with Gasteiger partial charge in [0.05, 0.1) is 12.2 Å². The molecule has 0 atom stereocenters. The molecule has 0 aliphatic rings. The summed E-state index contributed by atoms with van der Waals surface area (Å²) in [5.74, 6) is 0.542. The van der Waals surface area contributed by atoms with E-state index in [4.69, 9.17) is 4.99 Å². The van der Waals surface area contributed by atoms with Gasteiger partial charge in [0.15, 0.2) is 5.96 Å². The van der Waals surface area contributed by atoms with Gasteiger partial charge in [0, 0.05) is 42.6 Å². The first kappa shape index (κ1) is 19.7. The zero-order valence-corrected chi connectivity index (χ0v) is 16.9. The highest BCUT2D eigenvalue weighted by Gasteiger charge is 2.05. The lowest BCUT2D eigenvalue weighted by atomic mass is 10.1. The second kappa shape index (κ2) is 9.26. The molecule has 4 rings (SSSR count). The Hall–Kier alpha value is -3.61. The molecule has 3 N–H and O–H groups in total. The number of rotatable bonds is 7. The van der Waals surface area contributed by atoms with Gasteiger partial charge in [-0.2, -0.15) is 5.10 Å². The number of nitrogens with one attached hydrogen (secondary N) is 3. The molecule has 0 aliphatic heterocycles. The van der Waals surface area contributed by atoms with Crippen molar-refractivity contribution < 1.29 is 4.39 Å². The predicted molar refractivity (Wildman–Crippen MR) is 118 cm³/mol. The lowest BCUT2D eigenvalue weighted by Crippen LogP contribution is -2.38. The summed E-state index contributed by atoms with van der Waals surface area (Å²) >= 11 is 0. The van der Waals surface area contributed by atoms with Gasteiger partial charge in [-0.05, 0) is 60.9 Å². The number of hydrogen-bond donors (Lipinski definition) is 3. The van der Waals surface area contributed by atoms with E-state index >= 15 is 0 Å². The molecule has 2 heterocycles. The van der Waals surface area contributed by atoms with Gasteiger partial charge in [0.2, 0.25) is 0 Å². The Morgan fingerprint density at radius 2 is 2.10 bits per heavy atom. The SMILES string of the molecule is CCNC(=NCc1cccc(-n2cccn2)c1)NCCc1c[nH]c2cc(F)ccc12. The minimum atomic E-state index is -0.229. The second-order valence-electron chi connectivity index (χ2n) is 7.00. The van der Waals surface area contributed by atoms with Crippen LogP contribution in [0.4, 0.5) is 4.39 Å². The maximum atomic E-state index is 13.4. The number of aromatic nitrogens is 3. The van der Waals surface area contributed by atoms with Crippen LogP contribution in [0.2, 0.25) is 0 Å². The van der Waals surface area contributed by atoms with Crippen LogP contribution in [0.3, 0.4) is 0 Å². The first-order chi connectivity index (χ1) is 14.7. The summed E-state index contributed by atoms with van der Waals surface area (Å²) < 4.78 is 15.2. The van der Waals surface area contributed by atoms with Gasteiger partial charge in [-0.25, -0.2) is 14.1 Å². The fourth-order valence-corrected chi connectivity index (χ4v) is 3.41. The number of fused-ring (bicyclic) bond motifs is 1. The van der Waals surface area contributed by atoms with E-state index in [2.05, 4.69) is 32.8 Å². The number of benzene rings is 2. The second-order valence-corrected chi connectivity index (χ2v) is 7.00. The number of nitrogens with zero attached hydrogens (tertiary/aromatic N) is 3. The maximum absolute atomic E-state index is 13.4. The molecular formula is C23H25FN6. The molecule has 7 heteroatoms. The zero-order chi connectivity index (χ0) is 20.8. The highest BCUT2D eigenvalue weighted by molar-refractivity contribution is 5.83. The topological polar surface area (TPSA) is 70.0 Å². The quantitative estimate of drug-likeness (QED) is 0.324. The smallest absolute Gasteiger partial charge is 0.191 e. The standard InChI is InChI=1S/C23H25FN6/c1-2-25-23(26-11-9-18-16-27-22-14-19(24)7-8-21(18)22)28-15-17-5-3-6-20(13-17)30-12-4-10-29-30/h3-8,10,12-14,16,27H,2,9,11,15H2,1H3,(H2,25,26,28). The summed E-state index contributed by atoms with van der Waals surface area (Å²) in [5, 5.41) is 12.0. The van der Waals surface area contributed by atoms with Gasteiger partial charge in [-0.15, -0.1) is 0 Å². The summed E-state index contributed by atoms with van der Waals surface area (Å²) in [6, 6.07) is 14.9. The van der Waals surface area contributed by atoms with E-state index in [-0.39, 0.29) is 5.82 Å². The van der Waals surface area contributed by atoms with Crippen LogP contribution in [0.5, 0.6) is 0 Å². The highest BCUT2D eigenvalue weighted by atomic mass is 19.1. The number of aliphatic imine (C=N–C) groups is 1. The van der Waals surface area contributed by atoms with Gasteiger partial charge in [-0.3, -0.25) is 0 Å². The third kappa shape index (κ3) is 4.68. The van der Waals surface area contributed by atoms with Crippen LogP contribution in [0.15, 0.2) is 72.1 Å². The molecule has 2 aromatic heterocycles.